The first-order valence-electron chi connectivity index (χ1n) is 6.95. The van der Waals surface area contributed by atoms with Crippen LogP contribution in [0.15, 0.2) is 42.6 Å². The van der Waals surface area contributed by atoms with Gasteiger partial charge in [-0.05, 0) is 43.2 Å². The summed E-state index contributed by atoms with van der Waals surface area (Å²) in [5, 5.41) is 6.11. The van der Waals surface area contributed by atoms with E-state index in [1.807, 2.05) is 0 Å². The highest BCUT2D eigenvalue weighted by Crippen LogP contribution is 2.19. The van der Waals surface area contributed by atoms with Crippen LogP contribution >= 0.6 is 11.6 Å². The van der Waals surface area contributed by atoms with Crippen molar-refractivity contribution >= 4 is 29.1 Å². The standard InChI is InChI=1S/C16H14ClN3O2/c17-11-2-1-3-13(9-11)20-16(22)14-8-10(6-7-18-14)15(21)19-12-4-5-12/h1-3,6-9,12H,4-5H2,(H,19,21)(H,20,22). The van der Waals surface area contributed by atoms with Gasteiger partial charge in [0.25, 0.3) is 11.8 Å². The van der Waals surface area contributed by atoms with E-state index in [-0.39, 0.29) is 23.6 Å². The fourth-order valence-corrected chi connectivity index (χ4v) is 2.14. The average Bonchev–Trinajstić information content (AvgIpc) is 3.31. The predicted molar refractivity (Wildman–Crippen MR) is 84.1 cm³/mol. The van der Waals surface area contributed by atoms with Gasteiger partial charge < -0.3 is 10.6 Å². The molecular weight excluding hydrogens is 302 g/mol. The van der Waals surface area contributed by atoms with Crippen molar-refractivity contribution in [2.45, 2.75) is 18.9 Å². The van der Waals surface area contributed by atoms with Crippen molar-refractivity contribution in [3.05, 3.63) is 58.9 Å². The van der Waals surface area contributed by atoms with Crippen LogP contribution in [0.25, 0.3) is 0 Å². The Bertz CT molecular complexity index is 729. The van der Waals surface area contributed by atoms with Crippen LogP contribution in [0.5, 0.6) is 0 Å². The van der Waals surface area contributed by atoms with Crippen molar-refractivity contribution in [1.29, 1.82) is 0 Å². The van der Waals surface area contributed by atoms with E-state index in [1.165, 1.54) is 12.3 Å². The highest BCUT2D eigenvalue weighted by atomic mass is 35.5. The molecule has 3 rings (SSSR count). The lowest BCUT2D eigenvalue weighted by Gasteiger charge is -2.07. The van der Waals surface area contributed by atoms with E-state index in [4.69, 9.17) is 11.6 Å². The summed E-state index contributed by atoms with van der Waals surface area (Å²) >= 11 is 5.88. The summed E-state index contributed by atoms with van der Waals surface area (Å²) in [6.07, 6.45) is 3.48. The number of pyridine rings is 1. The summed E-state index contributed by atoms with van der Waals surface area (Å²) < 4.78 is 0. The second-order valence-corrected chi connectivity index (χ2v) is 5.58. The maximum atomic E-state index is 12.2. The van der Waals surface area contributed by atoms with Crippen LogP contribution in [-0.2, 0) is 0 Å². The first-order valence-corrected chi connectivity index (χ1v) is 7.33. The van der Waals surface area contributed by atoms with Gasteiger partial charge in [-0.15, -0.1) is 0 Å². The fraction of sp³-hybridized carbons (Fsp3) is 0.188. The van der Waals surface area contributed by atoms with Gasteiger partial charge in [0, 0.05) is 28.5 Å². The number of amides is 2. The smallest absolute Gasteiger partial charge is 0.274 e. The summed E-state index contributed by atoms with van der Waals surface area (Å²) in [5.41, 5.74) is 1.19. The second-order valence-electron chi connectivity index (χ2n) is 5.14. The number of carbonyl (C=O) groups is 2. The Kier molecular flexibility index (Phi) is 4.06. The zero-order chi connectivity index (χ0) is 15.5. The molecule has 5 nitrogen and oxygen atoms in total. The molecule has 1 fully saturated rings. The Morgan fingerprint density at radius 1 is 1.14 bits per heavy atom. The van der Waals surface area contributed by atoms with Crippen LogP contribution < -0.4 is 10.6 Å². The summed E-state index contributed by atoms with van der Waals surface area (Å²) in [5.74, 6) is -0.565. The number of aromatic nitrogens is 1. The average molecular weight is 316 g/mol. The number of nitrogens with one attached hydrogen (secondary N) is 2. The Balaban J connectivity index is 1.73. The van der Waals surface area contributed by atoms with Gasteiger partial charge in [0.05, 0.1) is 0 Å². The molecule has 0 unspecified atom stereocenters. The number of nitrogens with zero attached hydrogens (tertiary/aromatic N) is 1. The molecule has 1 aromatic heterocycles. The number of carbonyl (C=O) groups excluding carboxylic acids is 2. The van der Waals surface area contributed by atoms with Crippen LogP contribution in [0.3, 0.4) is 0 Å². The molecule has 2 N–H and O–H groups in total. The number of anilines is 1. The molecule has 0 spiro atoms. The molecule has 1 saturated carbocycles. The van der Waals surface area contributed by atoms with E-state index in [0.29, 0.717) is 16.3 Å². The van der Waals surface area contributed by atoms with E-state index in [9.17, 15) is 9.59 Å². The van der Waals surface area contributed by atoms with Crippen LogP contribution in [0.1, 0.15) is 33.7 Å². The van der Waals surface area contributed by atoms with Gasteiger partial charge in [-0.25, -0.2) is 0 Å². The number of benzene rings is 1. The summed E-state index contributed by atoms with van der Waals surface area (Å²) in [6.45, 7) is 0. The predicted octanol–water partition coefficient (Wildman–Crippen LogP) is 2.88. The van der Waals surface area contributed by atoms with Gasteiger partial charge in [0.2, 0.25) is 0 Å². The van der Waals surface area contributed by atoms with Crippen molar-refractivity contribution in [2.75, 3.05) is 5.32 Å². The molecule has 22 heavy (non-hydrogen) atoms. The number of rotatable bonds is 4. The molecule has 0 bridgehead atoms. The van der Waals surface area contributed by atoms with Crippen LogP contribution in [0.4, 0.5) is 5.69 Å². The number of halogens is 1. The molecule has 0 atom stereocenters. The molecule has 2 aromatic rings. The molecule has 1 aliphatic carbocycles. The highest BCUT2D eigenvalue weighted by Gasteiger charge is 2.24. The summed E-state index contributed by atoms with van der Waals surface area (Å²) in [4.78, 5) is 28.2. The quantitative estimate of drug-likeness (QED) is 0.911. The second kappa shape index (κ2) is 6.15. The molecule has 1 aliphatic rings. The van der Waals surface area contributed by atoms with Gasteiger partial charge in [-0.1, -0.05) is 17.7 Å². The van der Waals surface area contributed by atoms with Crippen molar-refractivity contribution in [3.63, 3.8) is 0 Å². The Morgan fingerprint density at radius 2 is 1.95 bits per heavy atom. The summed E-state index contributed by atoms with van der Waals surface area (Å²) in [6, 6.07) is 10.2. The largest absolute Gasteiger partial charge is 0.349 e. The van der Waals surface area contributed by atoms with Crippen molar-refractivity contribution < 1.29 is 9.59 Å². The molecule has 1 heterocycles. The van der Waals surface area contributed by atoms with Crippen LogP contribution in [0, 0.1) is 0 Å². The Labute approximate surface area is 132 Å². The molecule has 1 aromatic carbocycles. The first-order chi connectivity index (χ1) is 10.6. The lowest BCUT2D eigenvalue weighted by molar-refractivity contribution is 0.0951. The van der Waals surface area contributed by atoms with Gasteiger partial charge in [-0.2, -0.15) is 0 Å². The fourth-order valence-electron chi connectivity index (χ4n) is 1.95. The molecule has 6 heteroatoms. The topological polar surface area (TPSA) is 71.1 Å². The molecular formula is C16H14ClN3O2. The maximum absolute atomic E-state index is 12.2. The molecule has 112 valence electrons. The van der Waals surface area contributed by atoms with Gasteiger partial charge in [-0.3, -0.25) is 14.6 Å². The SMILES string of the molecule is O=C(NC1CC1)c1ccnc(C(=O)Nc2cccc(Cl)c2)c1. The van der Waals surface area contributed by atoms with E-state index >= 15 is 0 Å². The highest BCUT2D eigenvalue weighted by molar-refractivity contribution is 6.30. The zero-order valence-corrected chi connectivity index (χ0v) is 12.4. The molecule has 0 radical (unpaired) electrons. The number of hydrogen-bond acceptors (Lipinski definition) is 3. The lowest BCUT2D eigenvalue weighted by Crippen LogP contribution is -2.26. The third kappa shape index (κ3) is 3.62. The van der Waals surface area contributed by atoms with Gasteiger partial charge >= 0.3 is 0 Å². The monoisotopic (exact) mass is 315 g/mol. The Hall–Kier alpha value is -2.40. The third-order valence-electron chi connectivity index (χ3n) is 3.25. The van der Waals surface area contributed by atoms with Gasteiger partial charge in [0.15, 0.2) is 0 Å². The van der Waals surface area contributed by atoms with Crippen molar-refractivity contribution in [2.24, 2.45) is 0 Å². The molecule has 0 aliphatic heterocycles. The Morgan fingerprint density at radius 3 is 2.68 bits per heavy atom. The van der Waals surface area contributed by atoms with E-state index in [2.05, 4.69) is 15.6 Å². The van der Waals surface area contributed by atoms with Crippen molar-refractivity contribution in [3.8, 4) is 0 Å². The minimum atomic E-state index is -0.386. The van der Waals surface area contributed by atoms with E-state index in [1.54, 1.807) is 30.3 Å². The first kappa shape index (κ1) is 14.5. The molecule has 2 amide bonds. The number of hydrogen-bond donors (Lipinski definition) is 2. The van der Waals surface area contributed by atoms with Gasteiger partial charge in [0.1, 0.15) is 5.69 Å². The minimum absolute atomic E-state index is 0.179. The van der Waals surface area contributed by atoms with Crippen LogP contribution in [-0.4, -0.2) is 22.8 Å². The van der Waals surface area contributed by atoms with E-state index < -0.39 is 0 Å². The summed E-state index contributed by atoms with van der Waals surface area (Å²) in [7, 11) is 0. The third-order valence-corrected chi connectivity index (χ3v) is 3.48. The van der Waals surface area contributed by atoms with Crippen LogP contribution in [0.2, 0.25) is 5.02 Å². The lowest BCUT2D eigenvalue weighted by atomic mass is 10.2. The minimum Gasteiger partial charge on any atom is -0.349 e. The zero-order valence-electron chi connectivity index (χ0n) is 11.7. The molecule has 0 saturated heterocycles. The normalized spacial score (nSPS) is 13.5. The maximum Gasteiger partial charge on any atom is 0.274 e. The van der Waals surface area contributed by atoms with E-state index in [0.717, 1.165) is 12.8 Å². The van der Waals surface area contributed by atoms with Crippen molar-refractivity contribution in [1.82, 2.24) is 10.3 Å².